The maximum Gasteiger partial charge on any atom is 0.267 e. The number of piperidine rings is 1. The van der Waals surface area contributed by atoms with Crippen LogP contribution in [-0.2, 0) is 9.53 Å². The van der Waals surface area contributed by atoms with Gasteiger partial charge in [0.2, 0.25) is 0 Å². The summed E-state index contributed by atoms with van der Waals surface area (Å²) in [5, 5.41) is 0. The largest absolute Gasteiger partial charge is 0.383 e. The van der Waals surface area contributed by atoms with Crippen molar-refractivity contribution in [1.82, 2.24) is 14.3 Å². The van der Waals surface area contributed by atoms with Crippen LogP contribution in [0.3, 0.4) is 0 Å². The van der Waals surface area contributed by atoms with Crippen molar-refractivity contribution >= 4 is 51.7 Å². The Morgan fingerprint density at radius 1 is 1.37 bits per heavy atom. The van der Waals surface area contributed by atoms with Gasteiger partial charge in [0.05, 0.1) is 23.6 Å². The molecule has 2 fully saturated rings. The molecular weight excluding hydrogens is 420 g/mol. The molecule has 2 aromatic heterocycles. The van der Waals surface area contributed by atoms with E-state index in [4.69, 9.17) is 21.9 Å². The normalized spacial score (nSPS) is 21.3. The minimum absolute atomic E-state index is 0.184. The van der Waals surface area contributed by atoms with E-state index in [0.717, 1.165) is 25.9 Å². The Labute approximate surface area is 184 Å². The molecule has 2 aromatic rings. The lowest BCUT2D eigenvalue weighted by Gasteiger charge is -2.32. The number of methoxy groups -OCH3 is 1. The average molecular weight is 445 g/mol. The third-order valence-corrected chi connectivity index (χ3v) is 6.75. The number of amides is 1. The number of hydrogen-bond acceptors (Lipinski definition) is 7. The van der Waals surface area contributed by atoms with Crippen molar-refractivity contribution in [1.29, 1.82) is 0 Å². The number of ether oxygens (including phenoxy) is 1. The summed E-state index contributed by atoms with van der Waals surface area (Å²) in [5.74, 6) is 0.965. The minimum Gasteiger partial charge on any atom is -0.383 e. The van der Waals surface area contributed by atoms with Gasteiger partial charge in [0, 0.05) is 26.4 Å². The van der Waals surface area contributed by atoms with Crippen LogP contribution >= 0.6 is 24.0 Å². The van der Waals surface area contributed by atoms with Crippen LogP contribution < -0.4 is 10.5 Å². The van der Waals surface area contributed by atoms with Crippen LogP contribution in [0.15, 0.2) is 34.1 Å². The van der Waals surface area contributed by atoms with Crippen LogP contribution in [0.1, 0.15) is 25.3 Å². The van der Waals surface area contributed by atoms with Gasteiger partial charge in [-0.15, -0.1) is 0 Å². The highest BCUT2D eigenvalue weighted by atomic mass is 32.2. The van der Waals surface area contributed by atoms with Gasteiger partial charge in [0.25, 0.3) is 11.5 Å². The summed E-state index contributed by atoms with van der Waals surface area (Å²) >= 11 is 6.59. The first-order valence-electron chi connectivity index (χ1n) is 10.00. The second-order valence-electron chi connectivity index (χ2n) is 7.60. The lowest BCUT2D eigenvalue weighted by Crippen LogP contribution is -2.37. The van der Waals surface area contributed by atoms with Crippen LogP contribution in [-0.4, -0.2) is 57.9 Å². The molecule has 0 radical (unpaired) electrons. The zero-order valence-corrected chi connectivity index (χ0v) is 18.7. The molecule has 2 aliphatic heterocycles. The van der Waals surface area contributed by atoms with Crippen LogP contribution in [0, 0.1) is 5.92 Å². The molecule has 4 rings (SSSR count). The zero-order valence-electron chi connectivity index (χ0n) is 17.0. The number of carbonyl (C=O) groups excluding carboxylic acids is 1. The predicted octanol–water partition coefficient (Wildman–Crippen LogP) is 2.78. The molecule has 0 aliphatic carbocycles. The highest BCUT2D eigenvalue weighted by Gasteiger charge is 2.33. The van der Waals surface area contributed by atoms with Gasteiger partial charge in [-0.05, 0) is 37.0 Å². The smallest absolute Gasteiger partial charge is 0.267 e. The third-order valence-electron chi connectivity index (χ3n) is 5.37. The summed E-state index contributed by atoms with van der Waals surface area (Å²) in [6.45, 7) is 4.68. The van der Waals surface area contributed by atoms with E-state index in [-0.39, 0.29) is 11.5 Å². The predicted molar refractivity (Wildman–Crippen MR) is 124 cm³/mol. The van der Waals surface area contributed by atoms with Gasteiger partial charge >= 0.3 is 0 Å². The molecule has 9 heteroatoms. The SMILES string of the molecule is COCCN1C(=O)/C(=C/c2c(N3CCCC(C)C3)nc3ccccn3c2=O)SC1=S. The van der Waals surface area contributed by atoms with Crippen LogP contribution in [0.5, 0.6) is 0 Å². The Bertz CT molecular complexity index is 1080. The van der Waals surface area contributed by atoms with E-state index in [1.165, 1.54) is 21.1 Å². The highest BCUT2D eigenvalue weighted by molar-refractivity contribution is 8.26. The number of thiocarbonyl (C=S) groups is 1. The minimum atomic E-state index is -0.197. The number of hydrogen-bond donors (Lipinski definition) is 0. The molecular formula is C21H24N4O3S2. The monoisotopic (exact) mass is 444 g/mol. The number of nitrogens with zero attached hydrogens (tertiary/aromatic N) is 4. The number of fused-ring (bicyclic) bond motifs is 1. The Morgan fingerprint density at radius 3 is 2.97 bits per heavy atom. The lowest BCUT2D eigenvalue weighted by atomic mass is 10.00. The Balaban J connectivity index is 1.81. The van der Waals surface area contributed by atoms with Crippen molar-refractivity contribution in [2.45, 2.75) is 19.8 Å². The van der Waals surface area contributed by atoms with Gasteiger partial charge in [-0.1, -0.05) is 37.0 Å². The summed E-state index contributed by atoms with van der Waals surface area (Å²) < 4.78 is 7.08. The fourth-order valence-electron chi connectivity index (χ4n) is 3.85. The molecule has 0 aromatic carbocycles. The maximum absolute atomic E-state index is 13.4. The van der Waals surface area contributed by atoms with Crippen molar-refractivity contribution in [3.8, 4) is 0 Å². The molecule has 0 bridgehead atoms. The van der Waals surface area contributed by atoms with Gasteiger partial charge in [0.1, 0.15) is 15.8 Å². The first-order valence-corrected chi connectivity index (χ1v) is 11.2. The van der Waals surface area contributed by atoms with E-state index in [2.05, 4.69) is 11.8 Å². The van der Waals surface area contributed by atoms with Crippen LogP contribution in [0.2, 0.25) is 0 Å². The Kier molecular flexibility index (Phi) is 6.21. The Morgan fingerprint density at radius 2 is 2.20 bits per heavy atom. The molecule has 30 heavy (non-hydrogen) atoms. The van der Waals surface area contributed by atoms with E-state index >= 15 is 0 Å². The summed E-state index contributed by atoms with van der Waals surface area (Å²) in [6, 6.07) is 5.49. The highest BCUT2D eigenvalue weighted by Crippen LogP contribution is 2.34. The van der Waals surface area contributed by atoms with Gasteiger partial charge in [-0.3, -0.25) is 18.9 Å². The summed E-state index contributed by atoms with van der Waals surface area (Å²) in [5.41, 5.74) is 0.844. The number of pyridine rings is 1. The van der Waals surface area contributed by atoms with E-state index < -0.39 is 0 Å². The van der Waals surface area contributed by atoms with Crippen molar-refractivity contribution in [2.24, 2.45) is 5.92 Å². The van der Waals surface area contributed by atoms with Crippen LogP contribution in [0.25, 0.3) is 11.7 Å². The van der Waals surface area contributed by atoms with Gasteiger partial charge in [-0.25, -0.2) is 4.98 Å². The number of rotatable bonds is 5. The molecule has 2 aliphatic rings. The molecule has 1 amide bonds. The fraction of sp³-hybridized carbons (Fsp3) is 0.429. The first kappa shape index (κ1) is 21.0. The van der Waals surface area contributed by atoms with E-state index in [1.54, 1.807) is 25.4 Å². The van der Waals surface area contributed by atoms with E-state index in [1.807, 2.05) is 12.1 Å². The van der Waals surface area contributed by atoms with Crippen molar-refractivity contribution in [3.05, 3.63) is 45.2 Å². The fourth-order valence-corrected chi connectivity index (χ4v) is 5.14. The first-order chi connectivity index (χ1) is 14.5. The molecule has 0 spiro atoms. The second-order valence-corrected chi connectivity index (χ2v) is 9.28. The molecule has 7 nitrogen and oxygen atoms in total. The lowest BCUT2D eigenvalue weighted by molar-refractivity contribution is -0.122. The summed E-state index contributed by atoms with van der Waals surface area (Å²) in [4.78, 5) is 35.2. The zero-order chi connectivity index (χ0) is 21.3. The molecule has 0 saturated carbocycles. The molecule has 1 atom stereocenters. The second kappa shape index (κ2) is 8.87. The van der Waals surface area contributed by atoms with Crippen molar-refractivity contribution < 1.29 is 9.53 Å². The van der Waals surface area contributed by atoms with Gasteiger partial charge < -0.3 is 9.64 Å². The topological polar surface area (TPSA) is 67.2 Å². The van der Waals surface area contributed by atoms with Gasteiger partial charge in [-0.2, -0.15) is 0 Å². The summed E-state index contributed by atoms with van der Waals surface area (Å²) in [6.07, 6.45) is 5.58. The number of anilines is 1. The quantitative estimate of drug-likeness (QED) is 0.519. The molecule has 158 valence electrons. The molecule has 1 unspecified atom stereocenters. The van der Waals surface area contributed by atoms with Crippen LogP contribution in [0.4, 0.5) is 5.82 Å². The third kappa shape index (κ3) is 4.01. The Hall–Kier alpha value is -2.23. The molecule has 4 heterocycles. The van der Waals surface area contributed by atoms with Crippen molar-refractivity contribution in [3.63, 3.8) is 0 Å². The standard InChI is InChI=1S/C21H24N4O3S2/c1-14-6-5-8-23(13-14)18-15(19(26)24-9-4-3-7-17(24)22-18)12-16-20(27)25(10-11-28-2)21(29)30-16/h3-4,7,9,12,14H,5-6,8,10-11,13H2,1-2H3/b16-12-. The van der Waals surface area contributed by atoms with Crippen molar-refractivity contribution in [2.75, 3.05) is 38.3 Å². The molecule has 2 saturated heterocycles. The number of carbonyl (C=O) groups is 1. The van der Waals surface area contributed by atoms with E-state index in [9.17, 15) is 9.59 Å². The average Bonchev–Trinajstić information content (AvgIpc) is 3.01. The van der Waals surface area contributed by atoms with Gasteiger partial charge in [0.15, 0.2) is 0 Å². The molecule has 0 N–H and O–H groups in total. The summed E-state index contributed by atoms with van der Waals surface area (Å²) in [7, 11) is 1.58. The maximum atomic E-state index is 13.4. The number of aromatic nitrogens is 2. The van der Waals surface area contributed by atoms with E-state index in [0.29, 0.717) is 45.3 Å². The number of thioether (sulfide) groups is 1.